The van der Waals surface area contributed by atoms with E-state index in [1.54, 1.807) is 145 Å². The fourth-order valence-corrected chi connectivity index (χ4v) is 33.2. The van der Waals surface area contributed by atoms with Crippen LogP contribution in [0.5, 0.6) is 0 Å². The van der Waals surface area contributed by atoms with E-state index in [1.165, 1.54) is 129 Å². The molecule has 7 aromatic rings. The molecular weight excluding hydrogens is 2090 g/mol. The zero-order valence-electron chi connectivity index (χ0n) is 89.8. The summed E-state index contributed by atoms with van der Waals surface area (Å²) in [5.74, 6) is 0.297. The first kappa shape index (κ1) is 118. The Bertz CT molecular complexity index is 5820. The van der Waals surface area contributed by atoms with Crippen molar-refractivity contribution in [2.45, 2.75) is 279 Å². The monoisotopic (exact) mass is 2230 g/mol. The summed E-state index contributed by atoms with van der Waals surface area (Å²) in [5, 5.41) is 24.3. The van der Waals surface area contributed by atoms with Gasteiger partial charge in [-0.05, 0) is 380 Å². The molecule has 0 unspecified atom stereocenters. The number of pyridine rings is 6. The Labute approximate surface area is 941 Å². The number of thioether (sulfide) groups is 12. The molecule has 6 amide bonds. The molecule has 0 fully saturated rings. The smallest absolute Gasteiger partial charge is 0.263 e. The Morgan fingerprint density at radius 3 is 0.587 bits per heavy atom. The van der Waals surface area contributed by atoms with Crippen LogP contribution in [-0.4, -0.2) is 65.3 Å². The number of carbonyl (C=O) groups excluding carboxylic acids is 6. The topological polar surface area (TPSA) is 252 Å². The third-order valence-electron chi connectivity index (χ3n) is 26.0. The number of aromatic nitrogens is 6. The summed E-state index contributed by atoms with van der Waals surface area (Å²) in [5.41, 5.74) is 10.9. The first-order valence-electron chi connectivity index (χ1n) is 52.4. The van der Waals surface area contributed by atoms with Crippen molar-refractivity contribution in [1.82, 2.24) is 29.9 Å². The fraction of sp³-hybridized carbons (Fsp3) is 0.400. The molecule has 0 spiro atoms. The molecule has 0 saturated carbocycles. The maximum absolute atomic E-state index is 15.6. The van der Waals surface area contributed by atoms with Gasteiger partial charge in [-0.1, -0.05) is 253 Å². The number of anilines is 6. The van der Waals surface area contributed by atoms with Gasteiger partial charge in [0.2, 0.25) is 0 Å². The highest BCUT2D eigenvalue weighted by Gasteiger charge is 2.36. The van der Waals surface area contributed by atoms with Gasteiger partial charge in [-0.25, -0.2) is 0 Å². The van der Waals surface area contributed by atoms with Gasteiger partial charge in [-0.3, -0.25) is 58.7 Å². The number of hydrogen-bond acceptors (Lipinski definition) is 24. The Morgan fingerprint density at radius 1 is 0.240 bits per heavy atom. The molecule has 6 aliphatic heterocycles. The highest BCUT2D eigenvalue weighted by Crippen LogP contribution is 2.64. The second-order valence-electron chi connectivity index (χ2n) is 40.9. The zero-order valence-corrected chi connectivity index (χ0v) is 99.6. The van der Waals surface area contributed by atoms with Crippen molar-refractivity contribution >= 4 is 211 Å². The van der Waals surface area contributed by atoms with Crippen LogP contribution in [-0.2, 0) is 14.4 Å². The molecule has 13 rings (SSSR count). The number of rotatable bonds is 51. The summed E-state index contributed by atoms with van der Waals surface area (Å²) >= 11 is 20.3. The highest BCUT2D eigenvalue weighted by molar-refractivity contribution is 8.35. The summed E-state index contributed by atoms with van der Waals surface area (Å²) < 4.78 is 6.81. The third-order valence-corrected chi connectivity index (χ3v) is 43.1. The molecule has 0 bridgehead atoms. The minimum Gasteiger partial charge on any atom is -0.320 e. The molecule has 6 N–H and O–H groups in total. The molecule has 6 aliphatic rings. The van der Waals surface area contributed by atoms with Crippen molar-refractivity contribution in [2.24, 2.45) is 35.5 Å². The van der Waals surface area contributed by atoms with Crippen LogP contribution < -0.4 is 31.9 Å². The first-order valence-corrected chi connectivity index (χ1v) is 62.3. The van der Waals surface area contributed by atoms with Crippen LogP contribution >= 0.6 is 141 Å². The molecular formula is C120H144N12O6S12. The summed E-state index contributed by atoms with van der Waals surface area (Å²) in [6.45, 7) is 40.2. The van der Waals surface area contributed by atoms with E-state index >= 15 is 14.4 Å². The van der Waals surface area contributed by atoms with Gasteiger partial charge in [0, 0.05) is 83.3 Å². The van der Waals surface area contributed by atoms with Crippen LogP contribution in [0.25, 0.3) is 34.2 Å². The van der Waals surface area contributed by atoms with E-state index in [0.29, 0.717) is 67.3 Å². The fourth-order valence-electron chi connectivity index (χ4n) is 17.2. The molecule has 792 valence electrons. The van der Waals surface area contributed by atoms with Gasteiger partial charge in [0.25, 0.3) is 35.4 Å². The van der Waals surface area contributed by atoms with Crippen LogP contribution in [0, 0.1) is 35.5 Å². The van der Waals surface area contributed by atoms with Gasteiger partial charge in [0.05, 0.1) is 74.3 Å². The van der Waals surface area contributed by atoms with Gasteiger partial charge >= 0.3 is 0 Å². The normalized spacial score (nSPS) is 15.7. The second-order valence-corrected chi connectivity index (χ2v) is 54.9. The molecule has 18 nitrogen and oxygen atoms in total. The molecule has 6 atom stereocenters. The first-order chi connectivity index (χ1) is 72.2. The van der Waals surface area contributed by atoms with Gasteiger partial charge in [-0.2, -0.15) is 0 Å². The second kappa shape index (κ2) is 59.8. The Kier molecular flexibility index (Phi) is 47.2. The van der Waals surface area contributed by atoms with E-state index in [-0.39, 0.29) is 85.6 Å². The number of nitrogens with one attached hydrogen (secondary N) is 6. The average Bonchev–Trinajstić information content (AvgIpc) is 1.45. The SMILES string of the molecule is CC(C)=CCC[C@H](C)CCC1=C(CC[C@@H](C)CCC=C(C)C)SC(=C2SC=C(C(=O)Nc3cccnc3-c3ncccc3NC(=O)c3cc(C(=O)Nc4cccnc4-c4ncccc4NC(=O)C4=CSC(=C5SC(CC[C@@H](C)CCC=C(C)C)=C(CC[C@@H](C)CCC=C(C)C)S5)S4)cc(C(=O)Nc4cccnc4-c4ncccc4NC(=O)C4=CSC(=C5SC(CC[C@@H](C)CCC=C(C)C)=C(CC[C@@H](C)CCC=C(C)C)S5)S4)c3)S2)S1. The highest BCUT2D eigenvalue weighted by atomic mass is 32.2. The van der Waals surface area contributed by atoms with Crippen molar-refractivity contribution in [1.29, 1.82) is 0 Å². The summed E-state index contributed by atoms with van der Waals surface area (Å²) in [6, 6.07) is 24.6. The molecule has 12 heterocycles. The summed E-state index contributed by atoms with van der Waals surface area (Å²) in [4.78, 5) is 130. The number of nitrogens with zero attached hydrogens (tertiary/aromatic N) is 6. The maximum atomic E-state index is 15.6. The Balaban J connectivity index is 0.748. The van der Waals surface area contributed by atoms with Crippen LogP contribution in [0.1, 0.15) is 310 Å². The minimum absolute atomic E-state index is 0.107. The molecule has 30 heteroatoms. The van der Waals surface area contributed by atoms with Gasteiger partial charge in [0.1, 0.15) is 34.2 Å². The summed E-state index contributed by atoms with van der Waals surface area (Å²) in [7, 11) is 0. The number of benzene rings is 1. The molecule has 150 heavy (non-hydrogen) atoms. The number of amides is 6. The van der Waals surface area contributed by atoms with E-state index in [9.17, 15) is 14.4 Å². The van der Waals surface area contributed by atoms with Crippen LogP contribution in [0.4, 0.5) is 34.1 Å². The largest absolute Gasteiger partial charge is 0.320 e. The van der Waals surface area contributed by atoms with Gasteiger partial charge in [0.15, 0.2) is 0 Å². The van der Waals surface area contributed by atoms with Crippen molar-refractivity contribution in [3.05, 3.63) is 301 Å². The predicted octanol–water partition coefficient (Wildman–Crippen LogP) is 38.0. The van der Waals surface area contributed by atoms with E-state index in [0.717, 1.165) is 167 Å². The van der Waals surface area contributed by atoms with Crippen LogP contribution in [0.15, 0.2) is 284 Å². The number of allylic oxidation sites excluding steroid dienone is 18. The lowest BCUT2D eigenvalue weighted by atomic mass is 9.97. The van der Waals surface area contributed by atoms with Gasteiger partial charge in [-0.15, -0.1) is 0 Å². The lowest BCUT2D eigenvalue weighted by molar-refractivity contribution is -0.113. The number of hydrogen-bond donors (Lipinski definition) is 6. The van der Waals surface area contributed by atoms with Crippen molar-refractivity contribution in [3.8, 4) is 34.2 Å². The van der Waals surface area contributed by atoms with Crippen molar-refractivity contribution in [2.75, 3.05) is 31.9 Å². The van der Waals surface area contributed by atoms with Gasteiger partial charge < -0.3 is 31.9 Å². The Hall–Kier alpha value is -8.76. The van der Waals surface area contributed by atoms with E-state index in [4.69, 9.17) is 29.9 Å². The van der Waals surface area contributed by atoms with E-state index < -0.39 is 17.7 Å². The molecule has 0 aliphatic carbocycles. The zero-order chi connectivity index (χ0) is 107. The summed E-state index contributed by atoms with van der Waals surface area (Å²) in [6.07, 6.45) is 49.7. The number of carbonyl (C=O) groups is 6. The Morgan fingerprint density at radius 2 is 0.413 bits per heavy atom. The standard InChI is InChI=1S/C120H144N12O6S12/c1-73(2)31-19-37-79(13)49-55-94-95(56-50-80(14)38-20-32-74(3)4)143-118(142-94)115-139-70-100(148-115)112(136)130-91-46-28-64-124-106(91)103-88(43-25-61-121-103)127-109(133)85-67-86(110(134)128-89-44-26-62-122-104(89)107-92(47-29-65-125-107)131-113(137)101-71-140-116(149-101)119-144-96(57-51-81(15)39-21-33-75(5)6)97(145-119)58-52-82(16)40-22-34-76(7)8)69-87(68-85)111(135)129-90-45-27-63-123-105(90)108-93(48-30-66-126-108)132-114(138)102-72-141-117(150-102)120-146-98(59-53-83(17)41-23-35-77(9)10)99(147-120)60-54-84(18)42-24-36-78(11)12/h25-36,43-48,61-72,79-84H,19-24,37-42,49-60H2,1-18H3,(H,127,133)(H,128,134)(H,129,135)(H,130,136)(H,131,137)(H,132,138)/t79-,80-,81-,82-,83-,84-/m0/s1. The third kappa shape index (κ3) is 36.4. The van der Waals surface area contributed by atoms with Crippen LogP contribution in [0.3, 0.4) is 0 Å². The van der Waals surface area contributed by atoms with Crippen molar-refractivity contribution < 1.29 is 28.8 Å². The van der Waals surface area contributed by atoms with Crippen LogP contribution in [0.2, 0.25) is 0 Å². The van der Waals surface area contributed by atoms with Crippen molar-refractivity contribution in [3.63, 3.8) is 0 Å². The quantitative estimate of drug-likeness (QED) is 0.0194. The average molecular weight is 2240 g/mol. The predicted molar refractivity (Wildman–Crippen MR) is 658 cm³/mol. The lowest BCUT2D eigenvalue weighted by Gasteiger charge is -2.16. The minimum atomic E-state index is -0.734. The lowest BCUT2D eigenvalue weighted by Crippen LogP contribution is -2.20. The molecule has 6 aromatic heterocycles. The van der Waals surface area contributed by atoms with E-state index in [1.807, 2.05) is 86.8 Å². The maximum Gasteiger partial charge on any atom is 0.263 e. The van der Waals surface area contributed by atoms with E-state index in [2.05, 4.69) is 193 Å². The molecule has 0 radical (unpaired) electrons. The molecule has 1 aromatic carbocycles. The molecule has 0 saturated heterocycles.